The Bertz CT molecular complexity index is 3430. The Balaban J connectivity index is 0.962. The molecule has 0 aliphatic carbocycles. The largest absolute Gasteiger partial charge is 0.456 e. The Hall–Kier alpha value is -8.14. The van der Waals surface area contributed by atoms with E-state index >= 15 is 0 Å². The number of benzene rings is 10. The SMILES string of the molecule is c1cc(-c2ccccc2N(c2ccc(-c3ccc4c(c3)oc3ccccc34)cc2)c2ccc(-c3ccc4c(c3)oc3ccccc34)cc2)cc(-c2cccc3ccccc23)c1. The van der Waals surface area contributed by atoms with Gasteiger partial charge in [0.1, 0.15) is 22.3 Å². The Kier molecular flexibility index (Phi) is 8.17. The number of para-hydroxylation sites is 3. The lowest BCUT2D eigenvalue weighted by atomic mass is 9.94. The summed E-state index contributed by atoms with van der Waals surface area (Å²) in [7, 11) is 0. The van der Waals surface area contributed by atoms with Crippen LogP contribution in [0.1, 0.15) is 0 Å². The first-order chi connectivity index (χ1) is 30.2. The number of anilines is 3. The maximum Gasteiger partial charge on any atom is 0.136 e. The molecule has 3 nitrogen and oxygen atoms in total. The third kappa shape index (κ3) is 6.06. The van der Waals surface area contributed by atoms with Crippen LogP contribution in [0.15, 0.2) is 233 Å². The predicted molar refractivity (Wildman–Crippen MR) is 255 cm³/mol. The van der Waals surface area contributed by atoms with Crippen molar-refractivity contribution < 1.29 is 8.83 Å². The van der Waals surface area contributed by atoms with Gasteiger partial charge in [-0.3, -0.25) is 0 Å². The lowest BCUT2D eigenvalue weighted by Gasteiger charge is -2.28. The number of fused-ring (bicyclic) bond motifs is 7. The number of furan rings is 2. The molecule has 3 heteroatoms. The summed E-state index contributed by atoms with van der Waals surface area (Å²) in [4.78, 5) is 2.37. The molecule has 2 aromatic heterocycles. The number of hydrogen-bond acceptors (Lipinski definition) is 3. The van der Waals surface area contributed by atoms with Gasteiger partial charge < -0.3 is 13.7 Å². The van der Waals surface area contributed by atoms with Crippen LogP contribution < -0.4 is 4.90 Å². The van der Waals surface area contributed by atoms with Crippen LogP contribution in [0.3, 0.4) is 0 Å². The van der Waals surface area contributed by atoms with Crippen LogP contribution in [-0.2, 0) is 0 Å². The molecule has 61 heavy (non-hydrogen) atoms. The predicted octanol–water partition coefficient (Wildman–Crippen LogP) is 16.8. The highest BCUT2D eigenvalue weighted by atomic mass is 16.3. The van der Waals surface area contributed by atoms with Gasteiger partial charge in [-0.2, -0.15) is 0 Å². The van der Waals surface area contributed by atoms with Crippen LogP contribution in [0.2, 0.25) is 0 Å². The maximum atomic E-state index is 6.27. The lowest BCUT2D eigenvalue weighted by Crippen LogP contribution is -2.11. The molecule has 0 bridgehead atoms. The average Bonchev–Trinajstić information content (AvgIpc) is 3.90. The maximum absolute atomic E-state index is 6.27. The van der Waals surface area contributed by atoms with Crippen LogP contribution in [0.4, 0.5) is 17.1 Å². The van der Waals surface area contributed by atoms with Gasteiger partial charge in [0.2, 0.25) is 0 Å². The van der Waals surface area contributed by atoms with Crippen molar-refractivity contribution in [2.75, 3.05) is 4.90 Å². The highest BCUT2D eigenvalue weighted by Gasteiger charge is 2.19. The first-order valence-corrected chi connectivity index (χ1v) is 20.7. The van der Waals surface area contributed by atoms with Crippen LogP contribution in [0.5, 0.6) is 0 Å². The summed E-state index contributed by atoms with van der Waals surface area (Å²) in [5, 5.41) is 7.01. The van der Waals surface area contributed by atoms with Crippen LogP contribution >= 0.6 is 0 Å². The normalized spacial score (nSPS) is 11.6. The van der Waals surface area contributed by atoms with Crippen molar-refractivity contribution in [3.8, 4) is 44.5 Å². The monoisotopic (exact) mass is 779 g/mol. The Labute approximate surface area is 353 Å². The Morgan fingerprint density at radius 2 is 0.705 bits per heavy atom. The highest BCUT2D eigenvalue weighted by Crippen LogP contribution is 2.43. The molecule has 0 N–H and O–H groups in total. The molecule has 2 heterocycles. The van der Waals surface area contributed by atoms with Gasteiger partial charge in [-0.05, 0) is 123 Å². The van der Waals surface area contributed by atoms with E-state index < -0.39 is 0 Å². The van der Waals surface area contributed by atoms with E-state index in [1.54, 1.807) is 0 Å². The molecular weight excluding hydrogens is 743 g/mol. The third-order valence-corrected chi connectivity index (χ3v) is 12.1. The quantitative estimate of drug-likeness (QED) is 0.161. The van der Waals surface area contributed by atoms with Gasteiger partial charge in [0.05, 0.1) is 5.69 Å². The summed E-state index contributed by atoms with van der Waals surface area (Å²) < 4.78 is 12.5. The van der Waals surface area contributed by atoms with Crippen molar-refractivity contribution in [1.29, 1.82) is 0 Å². The topological polar surface area (TPSA) is 29.5 Å². The molecule has 286 valence electrons. The minimum absolute atomic E-state index is 0.892. The van der Waals surface area contributed by atoms with Crippen LogP contribution in [0, 0.1) is 0 Å². The molecule has 10 aromatic carbocycles. The minimum Gasteiger partial charge on any atom is -0.456 e. The minimum atomic E-state index is 0.892. The lowest BCUT2D eigenvalue weighted by molar-refractivity contribution is 0.668. The molecule has 0 spiro atoms. The van der Waals surface area contributed by atoms with Crippen molar-refractivity contribution in [2.45, 2.75) is 0 Å². The summed E-state index contributed by atoms with van der Waals surface area (Å²) in [6.07, 6.45) is 0. The van der Waals surface area contributed by atoms with Crippen molar-refractivity contribution in [1.82, 2.24) is 0 Å². The summed E-state index contributed by atoms with van der Waals surface area (Å²) >= 11 is 0. The summed E-state index contributed by atoms with van der Waals surface area (Å²) in [5.41, 5.74) is 16.0. The van der Waals surface area contributed by atoms with E-state index in [1.807, 2.05) is 24.3 Å². The molecule has 0 unspecified atom stereocenters. The molecule has 0 saturated carbocycles. The highest BCUT2D eigenvalue weighted by molar-refractivity contribution is 6.07. The van der Waals surface area contributed by atoms with E-state index in [0.717, 1.165) is 94.3 Å². The van der Waals surface area contributed by atoms with E-state index in [2.05, 4.69) is 205 Å². The van der Waals surface area contributed by atoms with Gasteiger partial charge in [-0.1, -0.05) is 152 Å². The van der Waals surface area contributed by atoms with Gasteiger partial charge in [0, 0.05) is 38.5 Å². The average molecular weight is 780 g/mol. The molecule has 12 aromatic rings. The molecule has 0 aliphatic rings. The number of nitrogens with zero attached hydrogens (tertiary/aromatic N) is 1. The van der Waals surface area contributed by atoms with E-state index in [-0.39, 0.29) is 0 Å². The second-order valence-electron chi connectivity index (χ2n) is 15.7. The molecule has 12 rings (SSSR count). The second kappa shape index (κ2) is 14.3. The van der Waals surface area contributed by atoms with Crippen molar-refractivity contribution in [3.05, 3.63) is 224 Å². The zero-order valence-electron chi connectivity index (χ0n) is 33.1. The second-order valence-corrected chi connectivity index (χ2v) is 15.7. The van der Waals surface area contributed by atoms with Crippen LogP contribution in [-0.4, -0.2) is 0 Å². The van der Waals surface area contributed by atoms with Crippen molar-refractivity contribution >= 4 is 71.7 Å². The molecule has 0 amide bonds. The third-order valence-electron chi connectivity index (χ3n) is 12.1. The number of hydrogen-bond donors (Lipinski definition) is 0. The zero-order valence-corrected chi connectivity index (χ0v) is 33.1. The van der Waals surface area contributed by atoms with Gasteiger partial charge in [-0.25, -0.2) is 0 Å². The summed E-state index contributed by atoms with van der Waals surface area (Å²) in [5.74, 6) is 0. The fourth-order valence-corrected chi connectivity index (χ4v) is 9.09. The van der Waals surface area contributed by atoms with E-state index in [4.69, 9.17) is 8.83 Å². The Morgan fingerprint density at radius 3 is 1.33 bits per heavy atom. The smallest absolute Gasteiger partial charge is 0.136 e. The van der Waals surface area contributed by atoms with Crippen LogP contribution in [0.25, 0.3) is 99.2 Å². The summed E-state index contributed by atoms with van der Waals surface area (Å²) in [6, 6.07) is 80.1. The van der Waals surface area contributed by atoms with E-state index in [0.29, 0.717) is 0 Å². The fourth-order valence-electron chi connectivity index (χ4n) is 9.09. The molecular formula is C58H37NO2. The van der Waals surface area contributed by atoms with Gasteiger partial charge in [0.15, 0.2) is 0 Å². The van der Waals surface area contributed by atoms with E-state index in [9.17, 15) is 0 Å². The van der Waals surface area contributed by atoms with Crippen molar-refractivity contribution in [3.63, 3.8) is 0 Å². The Morgan fingerprint density at radius 1 is 0.262 bits per heavy atom. The molecule has 0 atom stereocenters. The number of rotatable bonds is 7. The van der Waals surface area contributed by atoms with Gasteiger partial charge in [0.25, 0.3) is 0 Å². The zero-order chi connectivity index (χ0) is 40.3. The fraction of sp³-hybridized carbons (Fsp3) is 0. The summed E-state index contributed by atoms with van der Waals surface area (Å²) in [6.45, 7) is 0. The van der Waals surface area contributed by atoms with E-state index in [1.165, 1.54) is 21.9 Å². The standard InChI is InChI=1S/C58H37NO2/c1-2-15-47-40(11-1)12-10-19-48(47)43-13-9-14-44(35-43)49-16-3-6-20-54(49)59(45-29-23-38(24-30-45)41-27-33-52-50-17-4-7-21-55(50)60-57(52)36-41)46-31-25-39(26-32-46)42-28-34-53-51-18-5-8-22-56(51)61-58(53)37-42/h1-37H. The van der Waals surface area contributed by atoms with Crippen molar-refractivity contribution in [2.24, 2.45) is 0 Å². The molecule has 0 saturated heterocycles. The molecule has 0 radical (unpaired) electrons. The first kappa shape index (κ1) is 34.9. The first-order valence-electron chi connectivity index (χ1n) is 20.7. The molecule has 0 fully saturated rings. The van der Waals surface area contributed by atoms with Gasteiger partial charge in [-0.15, -0.1) is 0 Å². The van der Waals surface area contributed by atoms with Gasteiger partial charge >= 0.3 is 0 Å². The molecule has 0 aliphatic heterocycles.